The van der Waals surface area contributed by atoms with Crippen LogP contribution in [0.4, 0.5) is 4.79 Å². The maximum absolute atomic E-state index is 12.3. The summed E-state index contributed by atoms with van der Waals surface area (Å²) in [5, 5.41) is 28.5. The summed E-state index contributed by atoms with van der Waals surface area (Å²) in [6, 6.07) is 3.99. The van der Waals surface area contributed by atoms with E-state index in [0.29, 0.717) is 10.5 Å². The fourth-order valence-corrected chi connectivity index (χ4v) is 2.26. The summed E-state index contributed by atoms with van der Waals surface area (Å²) < 4.78 is 0. The molecule has 3 unspecified atom stereocenters. The Kier molecular flexibility index (Phi) is 3.65. The van der Waals surface area contributed by atoms with Crippen LogP contribution in [0.25, 0.3) is 0 Å². The molecule has 0 saturated carbocycles. The Labute approximate surface area is 115 Å². The van der Waals surface area contributed by atoms with E-state index in [0.717, 1.165) is 4.90 Å². The van der Waals surface area contributed by atoms with Crippen molar-refractivity contribution in [1.29, 1.82) is 0 Å². The van der Waals surface area contributed by atoms with Crippen LogP contribution in [-0.4, -0.2) is 49.5 Å². The summed E-state index contributed by atoms with van der Waals surface area (Å²) in [5.41, 5.74) is 0.449. The Bertz CT molecular complexity index is 526. The van der Waals surface area contributed by atoms with Crippen LogP contribution in [-0.2, 0) is 4.79 Å². The zero-order chi connectivity index (χ0) is 15.0. The highest BCUT2D eigenvalue weighted by Gasteiger charge is 2.49. The molecule has 0 aliphatic carbocycles. The second-order valence-electron chi connectivity index (χ2n) is 4.66. The molecule has 1 aliphatic rings. The lowest BCUT2D eigenvalue weighted by Gasteiger charge is -2.24. The van der Waals surface area contributed by atoms with E-state index in [-0.39, 0.29) is 5.75 Å². The number of nitrogens with zero attached hydrogens (tertiary/aromatic N) is 2. The smallest absolute Gasteiger partial charge is 0.331 e. The number of aliphatic hydroxyl groups excluding tert-OH is 2. The Morgan fingerprint density at radius 1 is 1.05 bits per heavy atom. The van der Waals surface area contributed by atoms with Gasteiger partial charge in [0.2, 0.25) is 0 Å². The van der Waals surface area contributed by atoms with Crippen LogP contribution in [0.5, 0.6) is 5.75 Å². The third-order valence-electron chi connectivity index (χ3n) is 3.16. The van der Waals surface area contributed by atoms with E-state index in [1.165, 1.54) is 38.1 Å². The Morgan fingerprint density at radius 2 is 1.60 bits per heavy atom. The number of aromatic hydroxyl groups is 1. The average molecular weight is 280 g/mol. The Morgan fingerprint density at radius 3 is 2.05 bits per heavy atom. The van der Waals surface area contributed by atoms with Crippen molar-refractivity contribution < 1.29 is 24.9 Å². The number of aliphatic hydroxyl groups is 2. The van der Waals surface area contributed by atoms with Gasteiger partial charge in [-0.25, -0.2) is 9.69 Å². The predicted octanol–water partition coefficient (Wildman–Crippen LogP) is 0.374. The largest absolute Gasteiger partial charge is 0.508 e. The molecule has 1 fully saturated rings. The summed E-state index contributed by atoms with van der Waals surface area (Å²) in [5.74, 6) is -0.585. The minimum atomic E-state index is -1.28. The zero-order valence-corrected chi connectivity index (χ0v) is 11.1. The first-order valence-electron chi connectivity index (χ1n) is 6.15. The van der Waals surface area contributed by atoms with E-state index in [4.69, 9.17) is 0 Å². The van der Waals surface area contributed by atoms with Gasteiger partial charge in [0.15, 0.2) is 0 Å². The van der Waals surface area contributed by atoms with E-state index in [2.05, 4.69) is 0 Å². The molecule has 1 aromatic rings. The van der Waals surface area contributed by atoms with Gasteiger partial charge >= 0.3 is 6.03 Å². The minimum absolute atomic E-state index is 0.0292. The van der Waals surface area contributed by atoms with Crippen molar-refractivity contribution in [2.45, 2.75) is 32.3 Å². The van der Waals surface area contributed by atoms with Crippen molar-refractivity contribution in [3.63, 3.8) is 0 Å². The first kappa shape index (κ1) is 14.3. The van der Waals surface area contributed by atoms with Crippen molar-refractivity contribution in [1.82, 2.24) is 9.80 Å². The van der Waals surface area contributed by atoms with Crippen molar-refractivity contribution in [2.75, 3.05) is 0 Å². The number of hydrogen-bond donors (Lipinski definition) is 3. The van der Waals surface area contributed by atoms with Crippen molar-refractivity contribution >= 4 is 11.9 Å². The molecular weight excluding hydrogens is 264 g/mol. The number of urea groups is 1. The van der Waals surface area contributed by atoms with Crippen molar-refractivity contribution in [3.8, 4) is 5.75 Å². The molecule has 1 saturated heterocycles. The molecule has 1 aromatic carbocycles. The third-order valence-corrected chi connectivity index (χ3v) is 3.16. The van der Waals surface area contributed by atoms with Crippen LogP contribution in [0.1, 0.15) is 25.5 Å². The third kappa shape index (κ3) is 2.21. The molecule has 20 heavy (non-hydrogen) atoms. The molecular formula is C13H16N2O5. The number of hydrogen-bond acceptors (Lipinski definition) is 5. The number of benzene rings is 1. The Balaban J connectivity index is 2.46. The maximum atomic E-state index is 12.3. The van der Waals surface area contributed by atoms with Gasteiger partial charge < -0.3 is 15.3 Å². The molecule has 1 aliphatic heterocycles. The number of carbonyl (C=O) groups is 2. The summed E-state index contributed by atoms with van der Waals surface area (Å²) >= 11 is 0. The summed E-state index contributed by atoms with van der Waals surface area (Å²) in [6.07, 6.45) is -2.47. The second kappa shape index (κ2) is 5.10. The molecule has 1 heterocycles. The van der Waals surface area contributed by atoms with Gasteiger partial charge in [-0.2, -0.15) is 0 Å². The number of carbonyl (C=O) groups excluding carboxylic acids is 2. The normalized spacial score (nSPS) is 22.3. The number of imide groups is 1. The standard InChI is InChI=1S/C13H16N2O5/c1-7(16)14-11(9-3-5-10(18)6-4-9)12(19)15(8(2)17)13(14)20/h3-8,11,16-18H,1-2H3. The van der Waals surface area contributed by atoms with Gasteiger partial charge in [-0.3, -0.25) is 9.69 Å². The lowest BCUT2D eigenvalue weighted by Crippen LogP contribution is -2.41. The van der Waals surface area contributed by atoms with E-state index in [1.54, 1.807) is 0 Å². The fourth-order valence-electron chi connectivity index (χ4n) is 2.26. The molecule has 0 aromatic heterocycles. The molecule has 108 valence electrons. The summed E-state index contributed by atoms with van der Waals surface area (Å²) in [4.78, 5) is 26.1. The van der Waals surface area contributed by atoms with Gasteiger partial charge in [-0.15, -0.1) is 0 Å². The number of rotatable bonds is 3. The van der Waals surface area contributed by atoms with Gasteiger partial charge in [0.25, 0.3) is 5.91 Å². The molecule has 0 spiro atoms. The fraction of sp³-hybridized carbons (Fsp3) is 0.385. The monoisotopic (exact) mass is 280 g/mol. The quantitative estimate of drug-likeness (QED) is 0.695. The predicted molar refractivity (Wildman–Crippen MR) is 68.3 cm³/mol. The van der Waals surface area contributed by atoms with Crippen molar-refractivity contribution in [2.24, 2.45) is 0 Å². The van der Waals surface area contributed by atoms with Gasteiger partial charge in [0.05, 0.1) is 0 Å². The molecule has 0 radical (unpaired) electrons. The summed E-state index contributed by atoms with van der Waals surface area (Å²) in [7, 11) is 0. The highest BCUT2D eigenvalue weighted by atomic mass is 16.3. The molecule has 7 heteroatoms. The lowest BCUT2D eigenvalue weighted by atomic mass is 10.1. The second-order valence-corrected chi connectivity index (χ2v) is 4.66. The number of amides is 3. The zero-order valence-electron chi connectivity index (χ0n) is 11.1. The number of phenols is 1. The summed E-state index contributed by atoms with van der Waals surface area (Å²) in [6.45, 7) is 2.67. The van der Waals surface area contributed by atoms with E-state index in [1.807, 2.05) is 0 Å². The molecule has 0 bridgehead atoms. The maximum Gasteiger partial charge on any atom is 0.331 e. The van der Waals surface area contributed by atoms with Crippen LogP contribution < -0.4 is 0 Å². The molecule has 7 nitrogen and oxygen atoms in total. The Hall–Kier alpha value is -2.12. The molecule has 3 N–H and O–H groups in total. The van der Waals surface area contributed by atoms with E-state index in [9.17, 15) is 24.9 Å². The van der Waals surface area contributed by atoms with Crippen LogP contribution >= 0.6 is 0 Å². The average Bonchev–Trinajstić information content (AvgIpc) is 2.62. The minimum Gasteiger partial charge on any atom is -0.508 e. The first-order valence-corrected chi connectivity index (χ1v) is 6.15. The van der Waals surface area contributed by atoms with Crippen molar-refractivity contribution in [3.05, 3.63) is 29.8 Å². The van der Waals surface area contributed by atoms with Crippen LogP contribution in [0.3, 0.4) is 0 Å². The molecule has 3 atom stereocenters. The first-order chi connectivity index (χ1) is 9.34. The van der Waals surface area contributed by atoms with Crippen LogP contribution in [0.15, 0.2) is 24.3 Å². The van der Waals surface area contributed by atoms with Gasteiger partial charge in [-0.1, -0.05) is 12.1 Å². The molecule has 2 rings (SSSR count). The van der Waals surface area contributed by atoms with Crippen LogP contribution in [0.2, 0.25) is 0 Å². The van der Waals surface area contributed by atoms with Gasteiger partial charge in [-0.05, 0) is 31.5 Å². The van der Waals surface area contributed by atoms with Crippen LogP contribution in [0, 0.1) is 0 Å². The number of phenolic OH excluding ortho intramolecular Hbond substituents is 1. The van der Waals surface area contributed by atoms with E-state index < -0.39 is 30.4 Å². The highest BCUT2D eigenvalue weighted by molar-refractivity contribution is 6.04. The topological polar surface area (TPSA) is 101 Å². The molecule has 3 amide bonds. The van der Waals surface area contributed by atoms with Gasteiger partial charge in [0.1, 0.15) is 24.2 Å². The lowest BCUT2D eigenvalue weighted by molar-refractivity contribution is -0.134. The highest BCUT2D eigenvalue weighted by Crippen LogP contribution is 2.33. The SMILES string of the molecule is CC(O)N1C(=O)C(c2ccc(O)cc2)N(C(C)O)C1=O. The van der Waals surface area contributed by atoms with Gasteiger partial charge in [0, 0.05) is 0 Å². The van der Waals surface area contributed by atoms with E-state index >= 15 is 0 Å².